The number of nitrogens with zero attached hydrogens (tertiary/aromatic N) is 1. The molecule has 1 aliphatic carbocycles. The van der Waals surface area contributed by atoms with Crippen molar-refractivity contribution in [1.82, 2.24) is 4.90 Å². The molecule has 0 aromatic carbocycles. The quantitative estimate of drug-likeness (QED) is 0.738. The predicted molar refractivity (Wildman–Crippen MR) is 61.2 cm³/mol. The SMILES string of the molecule is CCOCC1(CN2C3CCC2C(F)(F)C3)CC1. The number of ether oxygens (including phenoxy) is 1. The maximum atomic E-state index is 13.7. The van der Waals surface area contributed by atoms with Crippen molar-refractivity contribution in [3.63, 3.8) is 0 Å². The maximum absolute atomic E-state index is 13.7. The van der Waals surface area contributed by atoms with Gasteiger partial charge in [0, 0.05) is 31.0 Å². The van der Waals surface area contributed by atoms with Crippen LogP contribution in [-0.2, 0) is 4.74 Å². The number of fused-ring (bicyclic) bond motifs is 2. The zero-order valence-electron chi connectivity index (χ0n) is 10.4. The number of halogens is 2. The largest absolute Gasteiger partial charge is 0.381 e. The van der Waals surface area contributed by atoms with E-state index in [0.717, 1.165) is 39.0 Å². The van der Waals surface area contributed by atoms with Gasteiger partial charge >= 0.3 is 0 Å². The molecular weight excluding hydrogens is 224 g/mol. The van der Waals surface area contributed by atoms with E-state index in [2.05, 4.69) is 4.90 Å². The third-order valence-electron chi connectivity index (χ3n) is 4.73. The summed E-state index contributed by atoms with van der Waals surface area (Å²) in [5.41, 5.74) is 0.206. The van der Waals surface area contributed by atoms with Crippen LogP contribution in [0.15, 0.2) is 0 Å². The monoisotopic (exact) mass is 245 g/mol. The molecule has 0 aromatic heterocycles. The molecule has 2 heterocycles. The lowest BCUT2D eigenvalue weighted by Gasteiger charge is -2.28. The van der Waals surface area contributed by atoms with Crippen LogP contribution in [-0.4, -0.2) is 42.7 Å². The average molecular weight is 245 g/mol. The highest BCUT2D eigenvalue weighted by Gasteiger charge is 2.60. The summed E-state index contributed by atoms with van der Waals surface area (Å²) in [5.74, 6) is -2.44. The van der Waals surface area contributed by atoms with Gasteiger partial charge in [0.2, 0.25) is 0 Å². The minimum Gasteiger partial charge on any atom is -0.381 e. The van der Waals surface area contributed by atoms with Crippen LogP contribution in [0.2, 0.25) is 0 Å². The summed E-state index contributed by atoms with van der Waals surface area (Å²) in [6.45, 7) is 4.30. The van der Waals surface area contributed by atoms with Crippen LogP contribution in [0, 0.1) is 5.41 Å². The molecule has 4 heteroatoms. The second-order valence-corrected chi connectivity index (χ2v) is 6.02. The Balaban J connectivity index is 1.63. The summed E-state index contributed by atoms with van der Waals surface area (Å²) in [7, 11) is 0. The van der Waals surface area contributed by atoms with Crippen LogP contribution < -0.4 is 0 Å². The second kappa shape index (κ2) is 3.89. The van der Waals surface area contributed by atoms with Gasteiger partial charge in [-0.25, -0.2) is 8.78 Å². The molecule has 2 aliphatic heterocycles. The van der Waals surface area contributed by atoms with Crippen molar-refractivity contribution < 1.29 is 13.5 Å². The first-order valence-corrected chi connectivity index (χ1v) is 6.78. The summed E-state index contributed by atoms with van der Waals surface area (Å²) in [6, 6.07) is -0.347. The first-order valence-electron chi connectivity index (χ1n) is 6.78. The van der Waals surface area contributed by atoms with Crippen LogP contribution in [0.3, 0.4) is 0 Å². The highest BCUT2D eigenvalue weighted by Crippen LogP contribution is 2.53. The van der Waals surface area contributed by atoms with E-state index < -0.39 is 12.0 Å². The highest BCUT2D eigenvalue weighted by molar-refractivity contribution is 5.08. The normalized spacial score (nSPS) is 37.6. The fourth-order valence-corrected chi connectivity index (χ4v) is 3.53. The van der Waals surface area contributed by atoms with Gasteiger partial charge in [0.1, 0.15) is 0 Å². The first kappa shape index (κ1) is 11.8. The fraction of sp³-hybridized carbons (Fsp3) is 1.00. The summed E-state index contributed by atoms with van der Waals surface area (Å²) in [4.78, 5) is 2.09. The number of rotatable bonds is 5. The Morgan fingerprint density at radius 1 is 1.29 bits per heavy atom. The molecule has 0 aromatic rings. The third-order valence-corrected chi connectivity index (χ3v) is 4.73. The van der Waals surface area contributed by atoms with E-state index in [1.54, 1.807) is 0 Å². The summed E-state index contributed by atoms with van der Waals surface area (Å²) < 4.78 is 32.8. The van der Waals surface area contributed by atoms with Crippen molar-refractivity contribution in [2.24, 2.45) is 5.41 Å². The average Bonchev–Trinajstić information content (AvgIpc) is 2.87. The van der Waals surface area contributed by atoms with E-state index in [0.29, 0.717) is 6.42 Å². The van der Waals surface area contributed by atoms with Crippen molar-refractivity contribution >= 4 is 0 Å². The van der Waals surface area contributed by atoms with Crippen LogP contribution >= 0.6 is 0 Å². The maximum Gasteiger partial charge on any atom is 0.264 e. The van der Waals surface area contributed by atoms with Gasteiger partial charge in [-0.2, -0.15) is 0 Å². The van der Waals surface area contributed by atoms with E-state index in [1.165, 1.54) is 0 Å². The van der Waals surface area contributed by atoms with Gasteiger partial charge in [-0.3, -0.25) is 4.90 Å². The van der Waals surface area contributed by atoms with Crippen LogP contribution in [0.5, 0.6) is 0 Å². The molecule has 3 rings (SSSR count). The molecule has 2 nitrogen and oxygen atoms in total. The van der Waals surface area contributed by atoms with E-state index in [-0.39, 0.29) is 17.9 Å². The van der Waals surface area contributed by atoms with Gasteiger partial charge in [0.15, 0.2) is 0 Å². The summed E-state index contributed by atoms with van der Waals surface area (Å²) in [5, 5.41) is 0. The highest BCUT2D eigenvalue weighted by atomic mass is 19.3. The molecule has 2 bridgehead atoms. The van der Waals surface area contributed by atoms with Crippen LogP contribution in [0.1, 0.15) is 39.0 Å². The Labute approximate surface area is 101 Å². The molecule has 3 aliphatic rings. The lowest BCUT2D eigenvalue weighted by molar-refractivity contribution is -0.0391. The van der Waals surface area contributed by atoms with Crippen LogP contribution in [0.25, 0.3) is 0 Å². The number of hydrogen-bond acceptors (Lipinski definition) is 2. The molecule has 2 unspecified atom stereocenters. The lowest BCUT2D eigenvalue weighted by Crippen LogP contribution is -2.40. The summed E-state index contributed by atoms with van der Waals surface area (Å²) >= 11 is 0. The zero-order chi connectivity index (χ0) is 12.1. The molecule has 0 N–H and O–H groups in total. The molecule has 0 amide bonds. The van der Waals surface area contributed by atoms with Gasteiger partial charge in [-0.1, -0.05) is 0 Å². The lowest BCUT2D eigenvalue weighted by atomic mass is 9.97. The van der Waals surface area contributed by atoms with E-state index in [1.807, 2.05) is 6.92 Å². The second-order valence-electron chi connectivity index (χ2n) is 6.02. The van der Waals surface area contributed by atoms with Crippen molar-refractivity contribution in [1.29, 1.82) is 0 Å². The molecule has 0 spiro atoms. The van der Waals surface area contributed by atoms with E-state index in [9.17, 15) is 8.78 Å². The molecule has 0 radical (unpaired) electrons. The molecular formula is C13H21F2NO. The molecule has 17 heavy (non-hydrogen) atoms. The third kappa shape index (κ3) is 1.99. The molecule has 3 fully saturated rings. The van der Waals surface area contributed by atoms with E-state index in [4.69, 9.17) is 4.74 Å². The Hall–Kier alpha value is -0.220. The van der Waals surface area contributed by atoms with Gasteiger partial charge < -0.3 is 4.74 Å². The fourth-order valence-electron chi connectivity index (χ4n) is 3.53. The first-order chi connectivity index (χ1) is 8.06. The van der Waals surface area contributed by atoms with Gasteiger partial charge in [-0.15, -0.1) is 0 Å². The van der Waals surface area contributed by atoms with Crippen LogP contribution in [0.4, 0.5) is 8.78 Å². The topological polar surface area (TPSA) is 12.5 Å². The Kier molecular flexibility index (Phi) is 2.71. The van der Waals surface area contributed by atoms with Crippen molar-refractivity contribution in [3.05, 3.63) is 0 Å². The standard InChI is InChI=1S/C13H21F2NO/c1-2-17-9-12(5-6-12)8-16-10-3-4-11(16)13(14,15)7-10/h10-11H,2-9H2,1H3. The molecule has 98 valence electrons. The Morgan fingerprint density at radius 3 is 2.53 bits per heavy atom. The Bertz CT molecular complexity index is 304. The van der Waals surface area contributed by atoms with E-state index >= 15 is 0 Å². The summed E-state index contributed by atoms with van der Waals surface area (Å²) in [6.07, 6.45) is 4.03. The van der Waals surface area contributed by atoms with Gasteiger partial charge in [0.25, 0.3) is 5.92 Å². The van der Waals surface area contributed by atoms with Gasteiger partial charge in [-0.05, 0) is 32.6 Å². The van der Waals surface area contributed by atoms with Gasteiger partial charge in [0.05, 0.1) is 12.6 Å². The Morgan fingerprint density at radius 2 is 2.06 bits per heavy atom. The zero-order valence-corrected chi connectivity index (χ0v) is 10.4. The minimum absolute atomic E-state index is 0.0857. The minimum atomic E-state index is -2.44. The van der Waals surface area contributed by atoms with Crippen molar-refractivity contribution in [3.8, 4) is 0 Å². The molecule has 2 saturated heterocycles. The van der Waals surface area contributed by atoms with Crippen molar-refractivity contribution in [2.75, 3.05) is 19.8 Å². The smallest absolute Gasteiger partial charge is 0.264 e. The predicted octanol–water partition coefficient (Wildman–Crippen LogP) is 2.68. The molecule has 1 saturated carbocycles. The van der Waals surface area contributed by atoms with Crippen molar-refractivity contribution in [2.45, 2.75) is 57.0 Å². The number of hydrogen-bond donors (Lipinski definition) is 0. The number of alkyl halides is 2. The molecule has 2 atom stereocenters.